The Kier molecular flexibility index (Phi) is 5.48. The highest BCUT2D eigenvalue weighted by atomic mass is 32.1. The van der Waals surface area contributed by atoms with E-state index in [-0.39, 0.29) is 5.91 Å². The Morgan fingerprint density at radius 3 is 2.82 bits per heavy atom. The van der Waals surface area contributed by atoms with Crippen LogP contribution >= 0.6 is 12.2 Å². The zero-order valence-corrected chi connectivity index (χ0v) is 10.8. The third-order valence-corrected chi connectivity index (χ3v) is 2.16. The predicted molar refractivity (Wildman–Crippen MR) is 68.9 cm³/mol. The van der Waals surface area contributed by atoms with Crippen LogP contribution in [0.15, 0.2) is 22.8 Å². The Balaban J connectivity index is 2.15. The molecule has 1 aromatic rings. The number of carbonyl (C=O) groups excluding carboxylic acids is 1. The lowest BCUT2D eigenvalue weighted by atomic mass is 10.1. The Bertz CT molecular complexity index is 363. The summed E-state index contributed by atoms with van der Waals surface area (Å²) >= 11 is 4.98. The van der Waals surface area contributed by atoms with Gasteiger partial charge in [0.1, 0.15) is 5.76 Å². The van der Waals surface area contributed by atoms with Gasteiger partial charge in [0.2, 0.25) is 5.91 Å². The third-order valence-electron chi connectivity index (χ3n) is 1.91. The summed E-state index contributed by atoms with van der Waals surface area (Å²) in [5.74, 6) is 1.02. The number of hydrogen-bond donors (Lipinski definition) is 3. The summed E-state index contributed by atoms with van der Waals surface area (Å²) in [6.07, 6.45) is 2.06. The second-order valence-electron chi connectivity index (χ2n) is 4.03. The van der Waals surface area contributed by atoms with Crippen molar-refractivity contribution in [3.05, 3.63) is 24.2 Å². The van der Waals surface area contributed by atoms with Gasteiger partial charge in [-0.15, -0.1) is 0 Å². The summed E-state index contributed by atoms with van der Waals surface area (Å²) in [4.78, 5) is 11.3. The summed E-state index contributed by atoms with van der Waals surface area (Å²) in [6, 6.07) is 3.64. The first kappa shape index (κ1) is 13.5. The fraction of sp³-hybridized carbons (Fsp3) is 0.455. The van der Waals surface area contributed by atoms with Crippen LogP contribution in [-0.2, 0) is 11.3 Å². The average Bonchev–Trinajstić information content (AvgIpc) is 2.75. The molecule has 0 saturated carbocycles. The fourth-order valence-corrected chi connectivity index (χ4v) is 1.30. The van der Waals surface area contributed by atoms with Crippen molar-refractivity contribution in [2.75, 3.05) is 0 Å². The number of nitrogens with one attached hydrogen (secondary N) is 3. The van der Waals surface area contributed by atoms with Gasteiger partial charge in [-0.3, -0.25) is 15.6 Å². The first-order chi connectivity index (χ1) is 8.08. The van der Waals surface area contributed by atoms with E-state index in [1.807, 2.05) is 19.9 Å². The minimum atomic E-state index is -0.0813. The first-order valence-electron chi connectivity index (χ1n) is 5.43. The van der Waals surface area contributed by atoms with E-state index < -0.39 is 0 Å². The van der Waals surface area contributed by atoms with E-state index in [2.05, 4.69) is 16.2 Å². The fourth-order valence-electron chi connectivity index (χ4n) is 1.17. The summed E-state index contributed by atoms with van der Waals surface area (Å²) in [5, 5.41) is 3.27. The van der Waals surface area contributed by atoms with E-state index in [0.717, 1.165) is 5.76 Å². The highest BCUT2D eigenvalue weighted by Gasteiger charge is 2.04. The molecule has 6 heteroatoms. The minimum absolute atomic E-state index is 0.0813. The van der Waals surface area contributed by atoms with Crippen molar-refractivity contribution in [3.8, 4) is 0 Å². The van der Waals surface area contributed by atoms with Crippen molar-refractivity contribution in [1.82, 2.24) is 16.2 Å². The van der Waals surface area contributed by atoms with Crippen molar-refractivity contribution >= 4 is 23.2 Å². The van der Waals surface area contributed by atoms with Crippen LogP contribution < -0.4 is 16.2 Å². The summed E-state index contributed by atoms with van der Waals surface area (Å²) in [5.41, 5.74) is 5.15. The Morgan fingerprint density at radius 2 is 2.24 bits per heavy atom. The maximum Gasteiger partial charge on any atom is 0.238 e. The Morgan fingerprint density at radius 1 is 1.47 bits per heavy atom. The molecular formula is C11H17N3O2S. The van der Waals surface area contributed by atoms with Gasteiger partial charge in [0.15, 0.2) is 5.11 Å². The lowest BCUT2D eigenvalue weighted by Gasteiger charge is -2.11. The van der Waals surface area contributed by atoms with Gasteiger partial charge in [0, 0.05) is 6.42 Å². The number of thiocarbonyl (C=S) groups is 1. The molecule has 0 spiro atoms. The van der Waals surface area contributed by atoms with Gasteiger partial charge in [0.05, 0.1) is 12.8 Å². The number of hydrazine groups is 1. The summed E-state index contributed by atoms with van der Waals surface area (Å²) in [6.45, 7) is 4.44. The molecule has 0 aliphatic heterocycles. The smallest absolute Gasteiger partial charge is 0.238 e. The number of carbonyl (C=O) groups is 1. The molecule has 1 rings (SSSR count). The van der Waals surface area contributed by atoms with E-state index in [1.165, 1.54) is 0 Å². The second kappa shape index (κ2) is 6.90. The van der Waals surface area contributed by atoms with Gasteiger partial charge in [-0.2, -0.15) is 0 Å². The molecule has 0 aliphatic carbocycles. The molecule has 0 unspecified atom stereocenters. The molecule has 5 nitrogen and oxygen atoms in total. The standard InChI is InChI=1S/C11H17N3O2S/c1-8(2)6-10(15)13-14-11(17)12-7-9-4-3-5-16-9/h3-5,8H,6-7H2,1-2H3,(H,13,15)(H2,12,14,17). The van der Waals surface area contributed by atoms with E-state index in [4.69, 9.17) is 16.6 Å². The van der Waals surface area contributed by atoms with Gasteiger partial charge in [-0.1, -0.05) is 13.8 Å². The average molecular weight is 255 g/mol. The van der Waals surface area contributed by atoms with Gasteiger partial charge < -0.3 is 9.73 Å². The van der Waals surface area contributed by atoms with Crippen LogP contribution in [0.5, 0.6) is 0 Å². The normalized spacial score (nSPS) is 10.1. The monoisotopic (exact) mass is 255 g/mol. The van der Waals surface area contributed by atoms with Crippen molar-refractivity contribution in [3.63, 3.8) is 0 Å². The van der Waals surface area contributed by atoms with Crippen molar-refractivity contribution in [2.45, 2.75) is 26.8 Å². The molecule has 0 radical (unpaired) electrons. The van der Waals surface area contributed by atoms with E-state index in [1.54, 1.807) is 12.3 Å². The Hall–Kier alpha value is -1.56. The van der Waals surface area contributed by atoms with Gasteiger partial charge in [0.25, 0.3) is 0 Å². The molecule has 17 heavy (non-hydrogen) atoms. The zero-order valence-electron chi connectivity index (χ0n) is 9.95. The largest absolute Gasteiger partial charge is 0.467 e. The lowest BCUT2D eigenvalue weighted by Crippen LogP contribution is -2.46. The number of rotatable bonds is 4. The molecule has 0 atom stereocenters. The first-order valence-corrected chi connectivity index (χ1v) is 5.84. The SMILES string of the molecule is CC(C)CC(=O)NNC(=S)NCc1ccco1. The maximum absolute atomic E-state index is 11.3. The van der Waals surface area contributed by atoms with Crippen molar-refractivity contribution < 1.29 is 9.21 Å². The van der Waals surface area contributed by atoms with Crippen LogP contribution in [0.3, 0.4) is 0 Å². The molecule has 0 saturated heterocycles. The number of amides is 1. The van der Waals surface area contributed by atoms with Crippen molar-refractivity contribution in [1.29, 1.82) is 0 Å². The topological polar surface area (TPSA) is 66.3 Å². The molecule has 0 aromatic carbocycles. The second-order valence-corrected chi connectivity index (χ2v) is 4.44. The quantitative estimate of drug-likeness (QED) is 0.559. The maximum atomic E-state index is 11.3. The Labute approximate surface area is 106 Å². The molecule has 3 N–H and O–H groups in total. The highest BCUT2D eigenvalue weighted by molar-refractivity contribution is 7.80. The lowest BCUT2D eigenvalue weighted by molar-refractivity contribution is -0.122. The van der Waals surface area contributed by atoms with Crippen LogP contribution in [0.1, 0.15) is 26.0 Å². The van der Waals surface area contributed by atoms with Crippen LogP contribution in [0.2, 0.25) is 0 Å². The van der Waals surface area contributed by atoms with E-state index in [9.17, 15) is 4.79 Å². The predicted octanol–water partition coefficient (Wildman–Crippen LogP) is 1.32. The van der Waals surface area contributed by atoms with Gasteiger partial charge in [-0.05, 0) is 30.3 Å². The summed E-state index contributed by atoms with van der Waals surface area (Å²) in [7, 11) is 0. The molecule has 1 heterocycles. The summed E-state index contributed by atoms with van der Waals surface area (Å²) < 4.78 is 5.12. The number of furan rings is 1. The van der Waals surface area contributed by atoms with Crippen LogP contribution in [0.25, 0.3) is 0 Å². The molecule has 0 fully saturated rings. The molecule has 94 valence electrons. The highest BCUT2D eigenvalue weighted by Crippen LogP contribution is 1.98. The molecule has 1 amide bonds. The van der Waals surface area contributed by atoms with Crippen molar-refractivity contribution in [2.24, 2.45) is 5.92 Å². The van der Waals surface area contributed by atoms with Crippen LogP contribution in [0.4, 0.5) is 0 Å². The molecule has 0 bridgehead atoms. The molecule has 0 aliphatic rings. The van der Waals surface area contributed by atoms with E-state index >= 15 is 0 Å². The third kappa shape index (κ3) is 5.91. The minimum Gasteiger partial charge on any atom is -0.467 e. The number of hydrogen-bond acceptors (Lipinski definition) is 3. The van der Waals surface area contributed by atoms with Crippen LogP contribution in [-0.4, -0.2) is 11.0 Å². The van der Waals surface area contributed by atoms with Gasteiger partial charge >= 0.3 is 0 Å². The van der Waals surface area contributed by atoms with E-state index in [0.29, 0.717) is 24.0 Å². The molecular weight excluding hydrogens is 238 g/mol. The molecule has 1 aromatic heterocycles. The zero-order chi connectivity index (χ0) is 12.7. The van der Waals surface area contributed by atoms with Crippen LogP contribution in [0, 0.1) is 5.92 Å². The van der Waals surface area contributed by atoms with Gasteiger partial charge in [-0.25, -0.2) is 0 Å².